The largest absolute Gasteiger partial charge is 0.356 e. The Morgan fingerprint density at radius 2 is 1.83 bits per heavy atom. The zero-order valence-corrected chi connectivity index (χ0v) is 13.7. The Labute approximate surface area is 141 Å². The fourth-order valence-electron chi connectivity index (χ4n) is 2.33. The maximum atomic E-state index is 10.8. The standard InChI is InChI=1S/C18H22N4O2/c1-19-18(20-12-6-10-15-7-3-2-4-8-15)21-14-16-9-5-11-17(13-16)22(23)24/h2-5,7-9,11,13H,6,10,12,14H2,1H3,(H2,19,20,21). The van der Waals surface area contributed by atoms with E-state index in [0.717, 1.165) is 24.9 Å². The van der Waals surface area contributed by atoms with Gasteiger partial charge in [-0.1, -0.05) is 42.5 Å². The Morgan fingerprint density at radius 3 is 2.54 bits per heavy atom. The van der Waals surface area contributed by atoms with Crippen molar-refractivity contribution in [3.05, 3.63) is 75.8 Å². The minimum absolute atomic E-state index is 0.0973. The van der Waals surface area contributed by atoms with Crippen molar-refractivity contribution in [1.29, 1.82) is 0 Å². The van der Waals surface area contributed by atoms with E-state index in [1.807, 2.05) is 24.3 Å². The lowest BCUT2D eigenvalue weighted by atomic mass is 10.1. The van der Waals surface area contributed by atoms with Crippen molar-refractivity contribution in [2.24, 2.45) is 4.99 Å². The average molecular weight is 326 g/mol. The van der Waals surface area contributed by atoms with Gasteiger partial charge in [-0.2, -0.15) is 0 Å². The van der Waals surface area contributed by atoms with E-state index in [1.54, 1.807) is 19.2 Å². The molecule has 0 spiro atoms. The Balaban J connectivity index is 1.74. The third-order valence-corrected chi connectivity index (χ3v) is 3.58. The highest BCUT2D eigenvalue weighted by molar-refractivity contribution is 5.79. The molecule has 0 radical (unpaired) electrons. The van der Waals surface area contributed by atoms with Gasteiger partial charge in [0.25, 0.3) is 5.69 Å². The summed E-state index contributed by atoms with van der Waals surface area (Å²) in [4.78, 5) is 14.6. The molecule has 0 amide bonds. The predicted octanol–water partition coefficient (Wildman–Crippen LogP) is 2.89. The fourth-order valence-corrected chi connectivity index (χ4v) is 2.33. The van der Waals surface area contributed by atoms with Crippen LogP contribution >= 0.6 is 0 Å². The van der Waals surface area contributed by atoms with Crippen molar-refractivity contribution in [2.75, 3.05) is 13.6 Å². The van der Waals surface area contributed by atoms with Crippen molar-refractivity contribution in [2.45, 2.75) is 19.4 Å². The molecular formula is C18H22N4O2. The lowest BCUT2D eigenvalue weighted by molar-refractivity contribution is -0.384. The van der Waals surface area contributed by atoms with Gasteiger partial charge in [0.2, 0.25) is 0 Å². The summed E-state index contributed by atoms with van der Waals surface area (Å²) in [6.07, 6.45) is 2.01. The molecule has 126 valence electrons. The molecule has 0 aromatic heterocycles. The zero-order chi connectivity index (χ0) is 17.2. The molecule has 0 unspecified atom stereocenters. The average Bonchev–Trinajstić information content (AvgIpc) is 2.62. The number of aryl methyl sites for hydroxylation is 1. The van der Waals surface area contributed by atoms with E-state index in [0.29, 0.717) is 12.5 Å². The smallest absolute Gasteiger partial charge is 0.269 e. The number of guanidine groups is 1. The number of nitrogens with zero attached hydrogens (tertiary/aromatic N) is 2. The van der Waals surface area contributed by atoms with Crippen molar-refractivity contribution in [3.8, 4) is 0 Å². The van der Waals surface area contributed by atoms with Crippen LogP contribution in [-0.4, -0.2) is 24.5 Å². The van der Waals surface area contributed by atoms with E-state index in [-0.39, 0.29) is 10.6 Å². The highest BCUT2D eigenvalue weighted by Gasteiger charge is 2.06. The normalized spacial score (nSPS) is 11.1. The van der Waals surface area contributed by atoms with Crippen molar-refractivity contribution >= 4 is 11.6 Å². The second-order valence-electron chi connectivity index (χ2n) is 5.37. The van der Waals surface area contributed by atoms with E-state index >= 15 is 0 Å². The number of aliphatic imine (C=N–C) groups is 1. The van der Waals surface area contributed by atoms with Crippen LogP contribution in [0.25, 0.3) is 0 Å². The van der Waals surface area contributed by atoms with Crippen LogP contribution in [0.4, 0.5) is 5.69 Å². The predicted molar refractivity (Wildman–Crippen MR) is 96.1 cm³/mol. The molecule has 0 aliphatic carbocycles. The second kappa shape index (κ2) is 9.29. The van der Waals surface area contributed by atoms with Crippen LogP contribution < -0.4 is 10.6 Å². The molecule has 2 aromatic rings. The summed E-state index contributed by atoms with van der Waals surface area (Å²) in [6, 6.07) is 16.9. The van der Waals surface area contributed by atoms with Gasteiger partial charge in [-0.25, -0.2) is 0 Å². The van der Waals surface area contributed by atoms with Crippen LogP contribution in [0.1, 0.15) is 17.5 Å². The van der Waals surface area contributed by atoms with Crippen LogP contribution in [0.3, 0.4) is 0 Å². The topological polar surface area (TPSA) is 79.6 Å². The van der Waals surface area contributed by atoms with Gasteiger partial charge in [-0.15, -0.1) is 0 Å². The zero-order valence-electron chi connectivity index (χ0n) is 13.7. The van der Waals surface area contributed by atoms with Gasteiger partial charge >= 0.3 is 0 Å². The number of nitro groups is 1. The van der Waals surface area contributed by atoms with E-state index < -0.39 is 0 Å². The van der Waals surface area contributed by atoms with E-state index in [9.17, 15) is 10.1 Å². The van der Waals surface area contributed by atoms with Gasteiger partial charge < -0.3 is 10.6 Å². The summed E-state index contributed by atoms with van der Waals surface area (Å²) < 4.78 is 0. The highest BCUT2D eigenvalue weighted by Crippen LogP contribution is 2.12. The summed E-state index contributed by atoms with van der Waals surface area (Å²) in [6.45, 7) is 1.30. The van der Waals surface area contributed by atoms with Crippen LogP contribution in [0.15, 0.2) is 59.6 Å². The molecule has 2 aromatic carbocycles. The van der Waals surface area contributed by atoms with Gasteiger partial charge in [0.15, 0.2) is 5.96 Å². The van der Waals surface area contributed by atoms with Crippen molar-refractivity contribution in [3.63, 3.8) is 0 Å². The number of hydrogen-bond donors (Lipinski definition) is 2. The first kappa shape index (κ1) is 17.5. The monoisotopic (exact) mass is 326 g/mol. The molecule has 0 saturated heterocycles. The van der Waals surface area contributed by atoms with Gasteiger partial charge in [0, 0.05) is 32.3 Å². The van der Waals surface area contributed by atoms with Gasteiger partial charge in [0.1, 0.15) is 0 Å². The molecule has 0 bridgehead atoms. The molecule has 0 aliphatic heterocycles. The maximum Gasteiger partial charge on any atom is 0.269 e. The summed E-state index contributed by atoms with van der Waals surface area (Å²) in [5.41, 5.74) is 2.26. The molecule has 0 saturated carbocycles. The quantitative estimate of drug-likeness (QED) is 0.270. The Bertz CT molecular complexity index is 686. The Hall–Kier alpha value is -2.89. The fraction of sp³-hybridized carbons (Fsp3) is 0.278. The minimum atomic E-state index is -0.389. The molecule has 6 nitrogen and oxygen atoms in total. The SMILES string of the molecule is CN=C(NCCCc1ccccc1)NCc1cccc([N+](=O)[O-])c1. The number of rotatable bonds is 7. The number of nitrogens with one attached hydrogen (secondary N) is 2. The Morgan fingerprint density at radius 1 is 1.08 bits per heavy atom. The molecule has 24 heavy (non-hydrogen) atoms. The third kappa shape index (κ3) is 5.72. The lowest BCUT2D eigenvalue weighted by Gasteiger charge is -2.12. The number of benzene rings is 2. The summed E-state index contributed by atoms with van der Waals surface area (Å²) in [7, 11) is 1.71. The van der Waals surface area contributed by atoms with Crippen LogP contribution in [-0.2, 0) is 13.0 Å². The van der Waals surface area contributed by atoms with Gasteiger partial charge in [0.05, 0.1) is 4.92 Å². The maximum absolute atomic E-state index is 10.8. The van der Waals surface area contributed by atoms with Crippen LogP contribution in [0, 0.1) is 10.1 Å². The summed E-state index contributed by atoms with van der Waals surface area (Å²) in [5.74, 6) is 0.689. The van der Waals surface area contributed by atoms with Gasteiger partial charge in [-0.05, 0) is 24.0 Å². The number of nitro benzene ring substituents is 1. The minimum Gasteiger partial charge on any atom is -0.356 e. The molecule has 0 fully saturated rings. The van der Waals surface area contributed by atoms with E-state index in [2.05, 4.69) is 27.8 Å². The molecule has 6 heteroatoms. The molecule has 0 atom stereocenters. The molecular weight excluding hydrogens is 304 g/mol. The van der Waals surface area contributed by atoms with Gasteiger partial charge in [-0.3, -0.25) is 15.1 Å². The summed E-state index contributed by atoms with van der Waals surface area (Å²) >= 11 is 0. The van der Waals surface area contributed by atoms with Crippen molar-refractivity contribution < 1.29 is 4.92 Å². The lowest BCUT2D eigenvalue weighted by Crippen LogP contribution is -2.37. The first-order chi connectivity index (χ1) is 11.7. The van der Waals surface area contributed by atoms with Crippen LogP contribution in [0.5, 0.6) is 0 Å². The number of hydrogen-bond acceptors (Lipinski definition) is 3. The highest BCUT2D eigenvalue weighted by atomic mass is 16.6. The Kier molecular flexibility index (Phi) is 6.76. The van der Waals surface area contributed by atoms with Crippen molar-refractivity contribution in [1.82, 2.24) is 10.6 Å². The van der Waals surface area contributed by atoms with E-state index in [1.165, 1.54) is 11.6 Å². The first-order valence-electron chi connectivity index (χ1n) is 7.91. The molecule has 2 rings (SSSR count). The summed E-state index contributed by atoms with van der Waals surface area (Å²) in [5, 5.41) is 17.2. The third-order valence-electron chi connectivity index (χ3n) is 3.58. The molecule has 0 heterocycles. The molecule has 2 N–H and O–H groups in total. The second-order valence-corrected chi connectivity index (χ2v) is 5.37. The first-order valence-corrected chi connectivity index (χ1v) is 7.91. The number of non-ortho nitro benzene ring substituents is 1. The van der Waals surface area contributed by atoms with Crippen LogP contribution in [0.2, 0.25) is 0 Å². The molecule has 0 aliphatic rings. The van der Waals surface area contributed by atoms with E-state index in [4.69, 9.17) is 0 Å².